The van der Waals surface area contributed by atoms with Crippen molar-refractivity contribution in [3.05, 3.63) is 29.6 Å². The second-order valence-corrected chi connectivity index (χ2v) is 4.25. The second kappa shape index (κ2) is 4.26. The van der Waals surface area contributed by atoms with E-state index in [9.17, 15) is 0 Å². The molecule has 0 amide bonds. The van der Waals surface area contributed by atoms with Gasteiger partial charge in [0.2, 0.25) is 0 Å². The van der Waals surface area contributed by atoms with E-state index in [1.807, 2.05) is 12.1 Å². The zero-order chi connectivity index (χ0) is 10.6. The Morgan fingerprint density at radius 1 is 1.43 bits per heavy atom. The quantitative estimate of drug-likeness (QED) is 0.684. The minimum Gasteiger partial charge on any atom is -0.326 e. The smallest absolute Gasteiger partial charge is 0.113 e. The Morgan fingerprint density at radius 2 is 2.14 bits per heavy atom. The summed E-state index contributed by atoms with van der Waals surface area (Å²) >= 11 is 0. The van der Waals surface area contributed by atoms with E-state index in [4.69, 9.17) is 5.73 Å². The van der Waals surface area contributed by atoms with Gasteiger partial charge < -0.3 is 5.73 Å². The molecular formula is C12H16N2. The maximum Gasteiger partial charge on any atom is 0.113 e. The second-order valence-electron chi connectivity index (χ2n) is 4.25. The fourth-order valence-corrected chi connectivity index (χ4v) is 0.921. The molecule has 1 heterocycles. The van der Waals surface area contributed by atoms with Gasteiger partial charge in [0.1, 0.15) is 5.69 Å². The van der Waals surface area contributed by atoms with Crippen LogP contribution in [0.15, 0.2) is 18.3 Å². The predicted molar refractivity (Wildman–Crippen MR) is 58.5 cm³/mol. The monoisotopic (exact) mass is 188 g/mol. The number of nitrogens with zero attached hydrogens (tertiary/aromatic N) is 1. The number of aromatic nitrogens is 1. The lowest BCUT2D eigenvalue weighted by Crippen LogP contribution is -2.00. The SMILES string of the molecule is CC(C)(C)C#Cc1cc(CN)ccn1. The van der Waals surface area contributed by atoms with Crippen LogP contribution in [-0.4, -0.2) is 4.98 Å². The highest BCUT2D eigenvalue weighted by molar-refractivity contribution is 5.31. The van der Waals surface area contributed by atoms with E-state index in [1.54, 1.807) is 6.20 Å². The Morgan fingerprint density at radius 3 is 2.71 bits per heavy atom. The first kappa shape index (κ1) is 10.7. The Balaban J connectivity index is 2.90. The molecule has 2 nitrogen and oxygen atoms in total. The Bertz CT molecular complexity index is 364. The van der Waals surface area contributed by atoms with E-state index in [1.165, 1.54) is 0 Å². The van der Waals surface area contributed by atoms with E-state index < -0.39 is 0 Å². The van der Waals surface area contributed by atoms with Gasteiger partial charge in [0.05, 0.1) is 0 Å². The van der Waals surface area contributed by atoms with E-state index in [-0.39, 0.29) is 5.41 Å². The first-order valence-corrected chi connectivity index (χ1v) is 4.69. The molecule has 0 saturated heterocycles. The van der Waals surface area contributed by atoms with Crippen LogP contribution in [0, 0.1) is 17.3 Å². The maximum atomic E-state index is 5.52. The average molecular weight is 188 g/mol. The zero-order valence-electron chi connectivity index (χ0n) is 8.96. The van der Waals surface area contributed by atoms with Gasteiger partial charge in [-0.3, -0.25) is 0 Å². The van der Waals surface area contributed by atoms with Crippen LogP contribution in [-0.2, 0) is 6.54 Å². The largest absolute Gasteiger partial charge is 0.326 e. The number of hydrogen-bond acceptors (Lipinski definition) is 2. The van der Waals surface area contributed by atoms with Gasteiger partial charge in [0.15, 0.2) is 0 Å². The van der Waals surface area contributed by atoms with Crippen LogP contribution in [0.2, 0.25) is 0 Å². The van der Waals surface area contributed by atoms with Crippen molar-refractivity contribution in [2.75, 3.05) is 0 Å². The highest BCUT2D eigenvalue weighted by Gasteiger charge is 2.03. The van der Waals surface area contributed by atoms with Gasteiger partial charge in [-0.05, 0) is 44.4 Å². The third kappa shape index (κ3) is 3.59. The molecule has 0 saturated carbocycles. The molecule has 74 valence electrons. The van der Waals surface area contributed by atoms with Crippen LogP contribution < -0.4 is 5.73 Å². The van der Waals surface area contributed by atoms with Crippen molar-refractivity contribution in [1.29, 1.82) is 0 Å². The van der Waals surface area contributed by atoms with Crippen molar-refractivity contribution in [1.82, 2.24) is 4.98 Å². The number of hydrogen-bond donors (Lipinski definition) is 1. The highest BCUT2D eigenvalue weighted by Crippen LogP contribution is 2.10. The average Bonchev–Trinajstić information content (AvgIpc) is 2.14. The summed E-state index contributed by atoms with van der Waals surface area (Å²) in [5.41, 5.74) is 7.40. The predicted octanol–water partition coefficient (Wildman–Crippen LogP) is 1.94. The molecule has 0 atom stereocenters. The van der Waals surface area contributed by atoms with Gasteiger partial charge in [-0.25, -0.2) is 4.98 Å². The first-order valence-electron chi connectivity index (χ1n) is 4.69. The Labute approximate surface area is 85.5 Å². The minimum absolute atomic E-state index is 0.0143. The van der Waals surface area contributed by atoms with Gasteiger partial charge in [0.25, 0.3) is 0 Å². The third-order valence-corrected chi connectivity index (χ3v) is 1.63. The maximum absolute atomic E-state index is 5.52. The fraction of sp³-hybridized carbons (Fsp3) is 0.417. The molecule has 2 N–H and O–H groups in total. The van der Waals surface area contributed by atoms with Gasteiger partial charge >= 0.3 is 0 Å². The van der Waals surface area contributed by atoms with Crippen molar-refractivity contribution in [2.45, 2.75) is 27.3 Å². The van der Waals surface area contributed by atoms with Gasteiger partial charge in [-0.2, -0.15) is 0 Å². The topological polar surface area (TPSA) is 38.9 Å². The summed E-state index contributed by atoms with van der Waals surface area (Å²) in [6.45, 7) is 6.76. The molecule has 0 aliphatic rings. The third-order valence-electron chi connectivity index (χ3n) is 1.63. The number of pyridine rings is 1. The standard InChI is InChI=1S/C12H16N2/c1-12(2,3)6-4-11-8-10(9-13)5-7-14-11/h5,7-8H,9,13H2,1-3H3. The minimum atomic E-state index is 0.0143. The molecule has 0 radical (unpaired) electrons. The van der Waals surface area contributed by atoms with Crippen LogP contribution in [0.5, 0.6) is 0 Å². The highest BCUT2D eigenvalue weighted by atomic mass is 14.7. The van der Waals surface area contributed by atoms with Gasteiger partial charge in [-0.15, -0.1) is 0 Å². The summed E-state index contributed by atoms with van der Waals surface area (Å²) in [5, 5.41) is 0. The van der Waals surface area contributed by atoms with E-state index in [2.05, 4.69) is 37.6 Å². The van der Waals surface area contributed by atoms with Crippen LogP contribution >= 0.6 is 0 Å². The Kier molecular flexibility index (Phi) is 3.27. The number of nitrogens with two attached hydrogens (primary N) is 1. The molecule has 0 fully saturated rings. The molecule has 14 heavy (non-hydrogen) atoms. The van der Waals surface area contributed by atoms with Gasteiger partial charge in [0, 0.05) is 18.2 Å². The molecular weight excluding hydrogens is 172 g/mol. The lowest BCUT2D eigenvalue weighted by molar-refractivity contribution is 0.571. The Hall–Kier alpha value is -1.33. The number of rotatable bonds is 1. The van der Waals surface area contributed by atoms with Crippen molar-refractivity contribution in [3.63, 3.8) is 0 Å². The molecule has 1 rings (SSSR count). The summed E-state index contributed by atoms with van der Waals surface area (Å²) in [6.07, 6.45) is 1.74. The van der Waals surface area contributed by atoms with Crippen molar-refractivity contribution in [2.24, 2.45) is 11.1 Å². The molecule has 0 bridgehead atoms. The van der Waals surface area contributed by atoms with Crippen LogP contribution in [0.4, 0.5) is 0 Å². The summed E-state index contributed by atoms with van der Waals surface area (Å²) < 4.78 is 0. The van der Waals surface area contributed by atoms with Crippen molar-refractivity contribution in [3.8, 4) is 11.8 Å². The van der Waals surface area contributed by atoms with E-state index in [0.29, 0.717) is 6.54 Å². The van der Waals surface area contributed by atoms with Crippen LogP contribution in [0.3, 0.4) is 0 Å². The van der Waals surface area contributed by atoms with Crippen LogP contribution in [0.25, 0.3) is 0 Å². The normalized spacial score (nSPS) is 10.6. The lowest BCUT2D eigenvalue weighted by Gasteiger charge is -2.06. The molecule has 1 aromatic rings. The summed E-state index contributed by atoms with van der Waals surface area (Å²) in [7, 11) is 0. The van der Waals surface area contributed by atoms with E-state index >= 15 is 0 Å². The zero-order valence-corrected chi connectivity index (χ0v) is 8.96. The molecule has 0 aliphatic carbocycles. The van der Waals surface area contributed by atoms with Crippen molar-refractivity contribution < 1.29 is 0 Å². The lowest BCUT2D eigenvalue weighted by atomic mass is 9.98. The van der Waals surface area contributed by atoms with Crippen molar-refractivity contribution >= 4 is 0 Å². The summed E-state index contributed by atoms with van der Waals surface area (Å²) in [5.74, 6) is 6.18. The fourth-order valence-electron chi connectivity index (χ4n) is 0.921. The first-order chi connectivity index (χ1) is 6.51. The summed E-state index contributed by atoms with van der Waals surface area (Å²) in [4.78, 5) is 4.16. The molecule has 0 unspecified atom stereocenters. The molecule has 0 aromatic carbocycles. The van der Waals surface area contributed by atoms with Gasteiger partial charge in [-0.1, -0.05) is 5.92 Å². The molecule has 0 aliphatic heterocycles. The van der Waals surface area contributed by atoms with E-state index in [0.717, 1.165) is 11.3 Å². The molecule has 0 spiro atoms. The summed E-state index contributed by atoms with van der Waals surface area (Å²) in [6, 6.07) is 3.83. The van der Waals surface area contributed by atoms with Crippen LogP contribution in [0.1, 0.15) is 32.0 Å². The molecule has 2 heteroatoms. The molecule has 1 aromatic heterocycles.